The topological polar surface area (TPSA) is 71.9 Å². The molecule has 0 amide bonds. The van der Waals surface area contributed by atoms with Crippen molar-refractivity contribution < 1.29 is 17.9 Å². The average molecular weight is 438 g/mol. The van der Waals surface area contributed by atoms with Crippen molar-refractivity contribution in [2.45, 2.75) is 12.6 Å². The second kappa shape index (κ2) is 8.70. The molecule has 0 aliphatic heterocycles. The van der Waals surface area contributed by atoms with Gasteiger partial charge in [-0.1, -0.05) is 29.3 Å². The summed E-state index contributed by atoms with van der Waals surface area (Å²) in [5.41, 5.74) is 6.31. The highest BCUT2D eigenvalue weighted by atomic mass is 35.5. The van der Waals surface area contributed by atoms with Crippen LogP contribution < -0.4 is 10.5 Å². The summed E-state index contributed by atoms with van der Waals surface area (Å²) in [5, 5.41) is 8.70. The van der Waals surface area contributed by atoms with Crippen molar-refractivity contribution in [3.63, 3.8) is 0 Å². The fourth-order valence-corrected chi connectivity index (χ4v) is 2.87. The molecule has 0 bridgehead atoms. The first-order chi connectivity index (χ1) is 13.8. The Hall–Kier alpha value is -2.79. The van der Waals surface area contributed by atoms with Crippen molar-refractivity contribution in [1.29, 1.82) is 5.26 Å². The number of ether oxygens (including phenoxy) is 1. The van der Waals surface area contributed by atoms with E-state index in [2.05, 4.69) is 4.98 Å². The molecule has 29 heavy (non-hydrogen) atoms. The van der Waals surface area contributed by atoms with Gasteiger partial charge in [0.15, 0.2) is 6.23 Å². The predicted molar refractivity (Wildman–Crippen MR) is 102 cm³/mol. The third-order valence-electron chi connectivity index (χ3n) is 4.04. The monoisotopic (exact) mass is 437 g/mol. The molecule has 2 aromatic carbocycles. The number of nitriles is 1. The zero-order valence-electron chi connectivity index (χ0n) is 14.6. The van der Waals surface area contributed by atoms with Crippen LogP contribution in [0.5, 0.6) is 5.75 Å². The van der Waals surface area contributed by atoms with Gasteiger partial charge in [0, 0.05) is 29.8 Å². The zero-order valence-corrected chi connectivity index (χ0v) is 16.1. The molecule has 0 aliphatic carbocycles. The number of nitrogens with two attached hydrogens (primary N) is 1. The number of halogens is 5. The minimum absolute atomic E-state index is 0.0129. The first-order valence-corrected chi connectivity index (χ1v) is 8.93. The van der Waals surface area contributed by atoms with Crippen molar-refractivity contribution in [2.24, 2.45) is 5.73 Å². The van der Waals surface area contributed by atoms with Crippen LogP contribution in [0, 0.1) is 28.8 Å². The lowest BCUT2D eigenvalue weighted by atomic mass is 10.1. The predicted octanol–water partition coefficient (Wildman–Crippen LogP) is 5.30. The molecular formula is C20H12Cl2F3N3O. The van der Waals surface area contributed by atoms with Crippen LogP contribution in [-0.4, -0.2) is 4.98 Å². The number of nitrogens with zero attached hydrogens (tertiary/aromatic N) is 2. The summed E-state index contributed by atoms with van der Waals surface area (Å²) in [5.74, 6) is -2.09. The first kappa shape index (κ1) is 20.9. The summed E-state index contributed by atoms with van der Waals surface area (Å²) in [6.45, 7) is 0. The SMILES string of the molecule is N#Cc1ccc(C(N)Oc2cc(Cl)c(F)cc2Cc2ncc(Cl)cc2F)cc1F. The van der Waals surface area contributed by atoms with E-state index < -0.39 is 23.7 Å². The van der Waals surface area contributed by atoms with Gasteiger partial charge in [0.25, 0.3) is 0 Å². The van der Waals surface area contributed by atoms with Crippen LogP contribution in [0.15, 0.2) is 42.6 Å². The lowest BCUT2D eigenvalue weighted by Gasteiger charge is -2.18. The van der Waals surface area contributed by atoms with Crippen LogP contribution in [0.2, 0.25) is 10.0 Å². The Morgan fingerprint density at radius 3 is 2.48 bits per heavy atom. The second-order valence-corrected chi connectivity index (χ2v) is 6.87. The molecule has 0 radical (unpaired) electrons. The highest BCUT2D eigenvalue weighted by Crippen LogP contribution is 2.31. The molecule has 4 nitrogen and oxygen atoms in total. The molecule has 0 spiro atoms. The van der Waals surface area contributed by atoms with Gasteiger partial charge < -0.3 is 4.74 Å². The van der Waals surface area contributed by atoms with E-state index in [0.717, 1.165) is 18.2 Å². The minimum atomic E-state index is -1.15. The van der Waals surface area contributed by atoms with Crippen molar-refractivity contribution in [2.75, 3.05) is 0 Å². The maximum absolute atomic E-state index is 14.1. The standard InChI is InChI=1S/C20H12Cl2F3N3O/c21-13-6-17(25)18(28-9-13)5-12-4-16(24)14(22)7-19(12)29-20(27)10-1-2-11(8-26)15(23)3-10/h1-4,6-7,9,20H,5,27H2. The van der Waals surface area contributed by atoms with E-state index in [-0.39, 0.29) is 44.6 Å². The lowest BCUT2D eigenvalue weighted by molar-refractivity contribution is 0.211. The number of benzene rings is 2. The number of hydrogen-bond acceptors (Lipinski definition) is 4. The fourth-order valence-electron chi connectivity index (χ4n) is 2.57. The van der Waals surface area contributed by atoms with E-state index in [1.54, 1.807) is 6.07 Å². The van der Waals surface area contributed by atoms with Gasteiger partial charge in [-0.15, -0.1) is 0 Å². The van der Waals surface area contributed by atoms with E-state index in [1.165, 1.54) is 24.4 Å². The molecule has 0 saturated heterocycles. The van der Waals surface area contributed by atoms with Gasteiger partial charge in [0.2, 0.25) is 0 Å². The summed E-state index contributed by atoms with van der Waals surface area (Å²) in [6.07, 6.45) is -0.0145. The summed E-state index contributed by atoms with van der Waals surface area (Å²) >= 11 is 11.5. The second-order valence-electron chi connectivity index (χ2n) is 6.02. The molecule has 3 rings (SSSR count). The van der Waals surface area contributed by atoms with Crippen LogP contribution in [0.4, 0.5) is 13.2 Å². The molecule has 0 fully saturated rings. The molecule has 9 heteroatoms. The van der Waals surface area contributed by atoms with Crippen LogP contribution in [0.3, 0.4) is 0 Å². The Kier molecular flexibility index (Phi) is 6.28. The van der Waals surface area contributed by atoms with E-state index in [0.29, 0.717) is 0 Å². The molecule has 148 valence electrons. The van der Waals surface area contributed by atoms with Gasteiger partial charge in [-0.05, 0) is 24.3 Å². The molecule has 1 aromatic heterocycles. The van der Waals surface area contributed by atoms with Crippen LogP contribution in [0.25, 0.3) is 0 Å². The molecule has 0 aliphatic rings. The summed E-state index contributed by atoms with van der Waals surface area (Å²) in [4.78, 5) is 3.90. The van der Waals surface area contributed by atoms with Crippen LogP contribution in [-0.2, 0) is 6.42 Å². The van der Waals surface area contributed by atoms with Crippen molar-refractivity contribution in [3.05, 3.63) is 92.5 Å². The smallest absolute Gasteiger partial charge is 0.174 e. The van der Waals surface area contributed by atoms with Gasteiger partial charge in [0.05, 0.1) is 21.3 Å². The van der Waals surface area contributed by atoms with Gasteiger partial charge in [-0.3, -0.25) is 10.7 Å². The lowest BCUT2D eigenvalue weighted by Crippen LogP contribution is -2.19. The van der Waals surface area contributed by atoms with Crippen molar-refractivity contribution in [1.82, 2.24) is 4.98 Å². The van der Waals surface area contributed by atoms with E-state index in [9.17, 15) is 13.2 Å². The highest BCUT2D eigenvalue weighted by molar-refractivity contribution is 6.31. The molecular weight excluding hydrogens is 426 g/mol. The maximum Gasteiger partial charge on any atom is 0.174 e. The Morgan fingerprint density at radius 2 is 1.83 bits per heavy atom. The molecule has 1 unspecified atom stereocenters. The summed E-state index contributed by atoms with van der Waals surface area (Å²) in [6, 6.07) is 8.82. The average Bonchev–Trinajstić information content (AvgIpc) is 2.67. The Morgan fingerprint density at radius 1 is 1.07 bits per heavy atom. The molecule has 3 aromatic rings. The molecule has 2 N–H and O–H groups in total. The summed E-state index contributed by atoms with van der Waals surface area (Å²) < 4.78 is 47.6. The Bertz CT molecular complexity index is 1120. The number of rotatable bonds is 5. The van der Waals surface area contributed by atoms with E-state index in [1.807, 2.05) is 0 Å². The molecule has 1 atom stereocenters. The normalized spacial score (nSPS) is 11.8. The summed E-state index contributed by atoms with van der Waals surface area (Å²) in [7, 11) is 0. The first-order valence-electron chi connectivity index (χ1n) is 8.18. The van der Waals surface area contributed by atoms with Crippen LogP contribution in [0.1, 0.15) is 28.6 Å². The maximum atomic E-state index is 14.1. The highest BCUT2D eigenvalue weighted by Gasteiger charge is 2.18. The fraction of sp³-hybridized carbons (Fsp3) is 0.100. The van der Waals surface area contributed by atoms with Crippen LogP contribution >= 0.6 is 23.2 Å². The van der Waals surface area contributed by atoms with Gasteiger partial charge in [-0.25, -0.2) is 13.2 Å². The Labute approximate surface area is 174 Å². The number of pyridine rings is 1. The Balaban J connectivity index is 1.93. The van der Waals surface area contributed by atoms with E-state index >= 15 is 0 Å². The van der Waals surface area contributed by atoms with Crippen molar-refractivity contribution in [3.8, 4) is 11.8 Å². The van der Waals surface area contributed by atoms with Gasteiger partial charge in [0.1, 0.15) is 29.3 Å². The third-order valence-corrected chi connectivity index (χ3v) is 4.54. The quantitative estimate of drug-likeness (QED) is 0.549. The van der Waals surface area contributed by atoms with E-state index in [4.69, 9.17) is 38.9 Å². The minimum Gasteiger partial charge on any atom is -0.471 e. The van der Waals surface area contributed by atoms with Gasteiger partial charge >= 0.3 is 0 Å². The zero-order chi connectivity index (χ0) is 21.1. The number of hydrogen-bond donors (Lipinski definition) is 1. The molecule has 1 heterocycles. The van der Waals surface area contributed by atoms with Crippen molar-refractivity contribution >= 4 is 23.2 Å². The van der Waals surface area contributed by atoms with Gasteiger partial charge in [-0.2, -0.15) is 5.26 Å². The molecule has 0 saturated carbocycles. The number of aromatic nitrogens is 1. The largest absolute Gasteiger partial charge is 0.471 e. The third kappa shape index (κ3) is 4.80.